The average Bonchev–Trinajstić information content (AvgIpc) is 2.81. The first-order valence-corrected chi connectivity index (χ1v) is 9.64. The van der Waals surface area contributed by atoms with Crippen LogP contribution in [0.3, 0.4) is 0 Å². The third-order valence-electron chi connectivity index (χ3n) is 4.56. The van der Waals surface area contributed by atoms with Gasteiger partial charge in [-0.3, -0.25) is 14.4 Å². The highest BCUT2D eigenvalue weighted by atomic mass is 16.6. The number of hydrogen-bond acceptors (Lipinski definition) is 7. The average molecular weight is 431 g/mol. The van der Waals surface area contributed by atoms with Crippen LogP contribution in [0.2, 0.25) is 0 Å². The number of nitrogens with two attached hydrogens (primary N) is 1. The standard InChI is InChI=1S/C23H21N5O4/c24-12-15-4-6-16(7-5-15)14-32-28-23(31)18-2-1-3-20(25)19(18)10-17-8-9-26-21(11-17)27-22(30)13-29/h1-9,11,29H,10,13-14,25H2,(H,28,31)(H,26,27,30). The summed E-state index contributed by atoms with van der Waals surface area (Å²) >= 11 is 0. The number of pyridine rings is 1. The Morgan fingerprint density at radius 3 is 2.62 bits per heavy atom. The third kappa shape index (κ3) is 5.89. The van der Waals surface area contributed by atoms with Crippen molar-refractivity contribution in [1.29, 1.82) is 5.26 Å². The third-order valence-corrected chi connectivity index (χ3v) is 4.56. The van der Waals surface area contributed by atoms with E-state index in [0.717, 1.165) is 11.1 Å². The fourth-order valence-electron chi connectivity index (χ4n) is 2.97. The maximum absolute atomic E-state index is 12.7. The zero-order valence-corrected chi connectivity index (χ0v) is 17.0. The van der Waals surface area contributed by atoms with Crippen LogP contribution in [0.1, 0.15) is 32.6 Å². The van der Waals surface area contributed by atoms with Crippen molar-refractivity contribution in [2.45, 2.75) is 13.0 Å². The maximum atomic E-state index is 12.7. The number of nitrogen functional groups attached to an aromatic ring is 1. The molecule has 1 aromatic heterocycles. The molecule has 9 heteroatoms. The summed E-state index contributed by atoms with van der Waals surface area (Å²) in [6.07, 6.45) is 1.83. The number of carbonyl (C=O) groups is 2. The van der Waals surface area contributed by atoms with Gasteiger partial charge in [0.25, 0.3) is 11.8 Å². The van der Waals surface area contributed by atoms with E-state index in [1.165, 1.54) is 6.20 Å². The smallest absolute Gasteiger partial charge is 0.275 e. The van der Waals surface area contributed by atoms with Gasteiger partial charge in [0.1, 0.15) is 12.4 Å². The number of anilines is 2. The topological polar surface area (TPSA) is 150 Å². The highest BCUT2D eigenvalue weighted by molar-refractivity contribution is 5.96. The molecule has 0 aliphatic carbocycles. The lowest BCUT2D eigenvalue weighted by molar-refractivity contribution is -0.118. The van der Waals surface area contributed by atoms with Crippen LogP contribution in [0.5, 0.6) is 0 Å². The zero-order chi connectivity index (χ0) is 22.9. The summed E-state index contributed by atoms with van der Waals surface area (Å²) in [5.41, 5.74) is 12.0. The maximum Gasteiger partial charge on any atom is 0.275 e. The van der Waals surface area contributed by atoms with Gasteiger partial charge in [0.05, 0.1) is 18.2 Å². The Kier molecular flexibility index (Phi) is 7.48. The van der Waals surface area contributed by atoms with Crippen molar-refractivity contribution < 1.29 is 19.5 Å². The van der Waals surface area contributed by atoms with Gasteiger partial charge < -0.3 is 16.2 Å². The molecule has 2 amide bonds. The molecule has 0 saturated carbocycles. The van der Waals surface area contributed by atoms with Crippen LogP contribution in [-0.2, 0) is 22.7 Å². The molecule has 3 rings (SSSR count). The van der Waals surface area contributed by atoms with E-state index >= 15 is 0 Å². The molecule has 0 bridgehead atoms. The van der Waals surface area contributed by atoms with Crippen LogP contribution in [0.4, 0.5) is 11.5 Å². The molecule has 0 radical (unpaired) electrons. The number of aliphatic hydroxyl groups excluding tert-OH is 1. The Bertz CT molecular complexity index is 1160. The van der Waals surface area contributed by atoms with Crippen LogP contribution in [0.15, 0.2) is 60.8 Å². The Labute approximate surface area is 184 Å². The Balaban J connectivity index is 1.70. The molecule has 5 N–H and O–H groups in total. The molecule has 9 nitrogen and oxygen atoms in total. The van der Waals surface area contributed by atoms with E-state index in [0.29, 0.717) is 28.8 Å². The molecule has 0 aliphatic heterocycles. The number of aliphatic hydroxyl groups is 1. The normalized spacial score (nSPS) is 10.2. The minimum absolute atomic E-state index is 0.132. The quantitative estimate of drug-likeness (QED) is 0.314. The minimum atomic E-state index is -0.648. The summed E-state index contributed by atoms with van der Waals surface area (Å²) in [6, 6.07) is 17.3. The number of carbonyl (C=O) groups excluding carboxylic acids is 2. The van der Waals surface area contributed by atoms with Crippen molar-refractivity contribution in [2.24, 2.45) is 0 Å². The van der Waals surface area contributed by atoms with Gasteiger partial charge in [-0.2, -0.15) is 5.26 Å². The molecular weight excluding hydrogens is 410 g/mol. The van der Waals surface area contributed by atoms with Crippen LogP contribution < -0.4 is 16.5 Å². The second-order valence-corrected chi connectivity index (χ2v) is 6.83. The molecular formula is C23H21N5O4. The number of amides is 2. The summed E-state index contributed by atoms with van der Waals surface area (Å²) in [5.74, 6) is -0.745. The first-order valence-electron chi connectivity index (χ1n) is 9.64. The Morgan fingerprint density at radius 1 is 1.12 bits per heavy atom. The fraction of sp³-hybridized carbons (Fsp3) is 0.130. The van der Waals surface area contributed by atoms with Gasteiger partial charge in [0.2, 0.25) is 0 Å². The summed E-state index contributed by atoms with van der Waals surface area (Å²) in [6.45, 7) is -0.516. The monoisotopic (exact) mass is 431 g/mol. The van der Waals surface area contributed by atoms with Crippen LogP contribution in [-0.4, -0.2) is 28.5 Å². The van der Waals surface area contributed by atoms with E-state index < -0.39 is 18.4 Å². The number of nitriles is 1. The van der Waals surface area contributed by atoms with E-state index in [1.54, 1.807) is 54.6 Å². The number of aromatic nitrogens is 1. The molecule has 1 heterocycles. The molecule has 0 spiro atoms. The van der Waals surface area contributed by atoms with Crippen LogP contribution in [0, 0.1) is 11.3 Å². The highest BCUT2D eigenvalue weighted by Gasteiger charge is 2.15. The molecule has 3 aromatic rings. The lowest BCUT2D eigenvalue weighted by atomic mass is 9.98. The van der Waals surface area contributed by atoms with Gasteiger partial charge in [-0.05, 0) is 53.1 Å². The number of rotatable bonds is 8. The van der Waals surface area contributed by atoms with Gasteiger partial charge in [0.15, 0.2) is 0 Å². The molecule has 0 saturated heterocycles. The second kappa shape index (κ2) is 10.7. The summed E-state index contributed by atoms with van der Waals surface area (Å²) in [4.78, 5) is 33.5. The number of nitrogens with zero attached hydrogens (tertiary/aromatic N) is 2. The highest BCUT2D eigenvalue weighted by Crippen LogP contribution is 2.22. The summed E-state index contributed by atoms with van der Waals surface area (Å²) in [7, 11) is 0. The summed E-state index contributed by atoms with van der Waals surface area (Å²) in [5, 5.41) is 20.2. The SMILES string of the molecule is N#Cc1ccc(CONC(=O)c2cccc(N)c2Cc2ccnc(NC(=O)CO)c2)cc1. The van der Waals surface area contributed by atoms with E-state index in [9.17, 15) is 9.59 Å². The lowest BCUT2D eigenvalue weighted by Crippen LogP contribution is -2.25. The molecule has 2 aromatic carbocycles. The van der Waals surface area contributed by atoms with E-state index in [2.05, 4.69) is 15.8 Å². The van der Waals surface area contributed by atoms with Crippen LogP contribution in [0.25, 0.3) is 0 Å². The van der Waals surface area contributed by atoms with Crippen LogP contribution >= 0.6 is 0 Å². The van der Waals surface area contributed by atoms with E-state index in [-0.39, 0.29) is 12.4 Å². The van der Waals surface area contributed by atoms with Gasteiger partial charge in [-0.1, -0.05) is 18.2 Å². The molecule has 32 heavy (non-hydrogen) atoms. The van der Waals surface area contributed by atoms with Gasteiger partial charge >= 0.3 is 0 Å². The Hall–Kier alpha value is -4.26. The Morgan fingerprint density at radius 2 is 1.91 bits per heavy atom. The van der Waals surface area contributed by atoms with E-state index in [4.69, 9.17) is 20.9 Å². The first kappa shape index (κ1) is 22.4. The molecule has 0 aliphatic rings. The number of nitrogens with one attached hydrogen (secondary N) is 2. The second-order valence-electron chi connectivity index (χ2n) is 6.83. The fourth-order valence-corrected chi connectivity index (χ4v) is 2.97. The molecule has 0 unspecified atom stereocenters. The predicted molar refractivity (Wildman–Crippen MR) is 117 cm³/mol. The molecule has 162 valence electrons. The zero-order valence-electron chi connectivity index (χ0n) is 17.0. The van der Waals surface area contributed by atoms with Gasteiger partial charge in [0, 0.05) is 23.9 Å². The molecule has 0 fully saturated rings. The van der Waals surface area contributed by atoms with Crippen molar-refractivity contribution in [3.05, 3.63) is 88.6 Å². The predicted octanol–water partition coefficient (Wildman–Crippen LogP) is 1.92. The van der Waals surface area contributed by atoms with Crippen molar-refractivity contribution in [1.82, 2.24) is 10.5 Å². The van der Waals surface area contributed by atoms with E-state index in [1.807, 2.05) is 6.07 Å². The minimum Gasteiger partial charge on any atom is -0.398 e. The van der Waals surface area contributed by atoms with Crippen molar-refractivity contribution in [3.8, 4) is 6.07 Å². The summed E-state index contributed by atoms with van der Waals surface area (Å²) < 4.78 is 0. The number of hydroxylamine groups is 1. The largest absolute Gasteiger partial charge is 0.398 e. The molecule has 0 atom stereocenters. The number of hydrogen-bond donors (Lipinski definition) is 4. The van der Waals surface area contributed by atoms with Crippen molar-refractivity contribution in [2.75, 3.05) is 17.7 Å². The van der Waals surface area contributed by atoms with Gasteiger partial charge in [-0.25, -0.2) is 10.5 Å². The lowest BCUT2D eigenvalue weighted by Gasteiger charge is -2.13. The van der Waals surface area contributed by atoms with Gasteiger partial charge in [-0.15, -0.1) is 0 Å². The van der Waals surface area contributed by atoms with Crippen molar-refractivity contribution in [3.63, 3.8) is 0 Å². The number of benzene rings is 2. The first-order chi connectivity index (χ1) is 15.5. The van der Waals surface area contributed by atoms with Crippen molar-refractivity contribution >= 4 is 23.3 Å².